The van der Waals surface area contributed by atoms with E-state index in [4.69, 9.17) is 0 Å². The van der Waals surface area contributed by atoms with Crippen molar-refractivity contribution in [1.82, 2.24) is 9.80 Å². The van der Waals surface area contributed by atoms with Gasteiger partial charge in [-0.3, -0.25) is 19.3 Å². The highest BCUT2D eigenvalue weighted by Gasteiger charge is 2.52. The van der Waals surface area contributed by atoms with Gasteiger partial charge < -0.3 is 9.80 Å². The number of fused-ring (bicyclic) bond motifs is 4. The summed E-state index contributed by atoms with van der Waals surface area (Å²) in [5, 5.41) is 2.11. The first kappa shape index (κ1) is 20.2. The van der Waals surface area contributed by atoms with Gasteiger partial charge in [0.05, 0.1) is 17.3 Å². The normalized spacial score (nSPS) is 24.8. The molecule has 31 heavy (non-hydrogen) atoms. The lowest BCUT2D eigenvalue weighted by Gasteiger charge is -2.49. The molecule has 3 amide bonds. The van der Waals surface area contributed by atoms with Gasteiger partial charge in [-0.05, 0) is 55.3 Å². The number of hydrogen-bond acceptors (Lipinski definition) is 4. The zero-order chi connectivity index (χ0) is 21.8. The van der Waals surface area contributed by atoms with Crippen LogP contribution in [-0.2, 0) is 16.0 Å². The molecule has 2 unspecified atom stereocenters. The molecule has 2 aromatic rings. The van der Waals surface area contributed by atoms with Crippen LogP contribution in [0.15, 0.2) is 35.7 Å². The van der Waals surface area contributed by atoms with E-state index in [1.165, 1.54) is 10.4 Å². The number of carbonyl (C=O) groups excluding carboxylic acids is 3. The molecule has 1 fully saturated rings. The lowest BCUT2D eigenvalue weighted by molar-refractivity contribution is -0.134. The number of thiophene rings is 1. The average molecular weight is 438 g/mol. The van der Waals surface area contributed by atoms with E-state index in [-0.39, 0.29) is 30.2 Å². The molecule has 1 aromatic heterocycles. The molecule has 3 aliphatic heterocycles. The molecule has 4 heterocycles. The van der Waals surface area contributed by atoms with Crippen molar-refractivity contribution in [3.8, 4) is 0 Å². The Morgan fingerprint density at radius 2 is 2.00 bits per heavy atom. The third kappa shape index (κ3) is 3.01. The molecule has 162 valence electrons. The minimum absolute atomic E-state index is 0.0332. The molecule has 0 spiro atoms. The summed E-state index contributed by atoms with van der Waals surface area (Å²) in [5.74, 6) is 0.0170. The second kappa shape index (κ2) is 7.48. The minimum atomic E-state index is -0.713. The van der Waals surface area contributed by atoms with Gasteiger partial charge in [-0.2, -0.15) is 0 Å². The predicted octanol–water partition coefficient (Wildman–Crippen LogP) is 3.97. The number of nitrogens with zero attached hydrogens (tertiary/aromatic N) is 3. The van der Waals surface area contributed by atoms with E-state index in [1.54, 1.807) is 27.2 Å². The molecule has 0 aliphatic carbocycles. The lowest BCUT2D eigenvalue weighted by Crippen LogP contribution is -2.62. The quantitative estimate of drug-likeness (QED) is 0.727. The lowest BCUT2D eigenvalue weighted by atomic mass is 9.96. The van der Waals surface area contributed by atoms with Crippen LogP contribution in [0.25, 0.3) is 0 Å². The SMILES string of the molecule is CCC1c2ccsc2CCN1C(=O)CCN1C(=O)c2ccccc2N2C(=O)CCC12C. The van der Waals surface area contributed by atoms with Crippen LogP contribution in [0.3, 0.4) is 0 Å². The van der Waals surface area contributed by atoms with Gasteiger partial charge in [-0.15, -0.1) is 11.3 Å². The standard InChI is InChI=1S/C24H27N3O3S/c1-3-18-16-11-15-31-20(16)9-13-25(18)21(28)10-14-26-23(30)17-6-4-5-7-19(17)27-22(29)8-12-24(26,27)2/h4-7,11,15,18H,3,8-10,12-14H2,1-2H3. The molecule has 0 N–H and O–H groups in total. The fourth-order valence-electron chi connectivity index (χ4n) is 5.53. The number of para-hydroxylation sites is 1. The van der Waals surface area contributed by atoms with Gasteiger partial charge in [0.15, 0.2) is 0 Å². The molecule has 6 nitrogen and oxygen atoms in total. The minimum Gasteiger partial charge on any atom is -0.335 e. The molecular weight excluding hydrogens is 410 g/mol. The summed E-state index contributed by atoms with van der Waals surface area (Å²) in [6.45, 7) is 5.11. The van der Waals surface area contributed by atoms with Gasteiger partial charge in [-0.25, -0.2) is 0 Å². The predicted molar refractivity (Wildman–Crippen MR) is 120 cm³/mol. The maximum absolute atomic E-state index is 13.4. The highest BCUT2D eigenvalue weighted by Crippen LogP contribution is 2.44. The van der Waals surface area contributed by atoms with E-state index in [0.29, 0.717) is 30.6 Å². The maximum Gasteiger partial charge on any atom is 0.257 e. The van der Waals surface area contributed by atoms with Crippen molar-refractivity contribution in [3.05, 3.63) is 51.7 Å². The van der Waals surface area contributed by atoms with Crippen molar-refractivity contribution in [3.63, 3.8) is 0 Å². The molecule has 5 rings (SSSR count). The van der Waals surface area contributed by atoms with E-state index < -0.39 is 5.66 Å². The Labute approximate surface area is 186 Å². The van der Waals surface area contributed by atoms with Gasteiger partial charge in [0.2, 0.25) is 11.8 Å². The van der Waals surface area contributed by atoms with Crippen molar-refractivity contribution in [1.29, 1.82) is 0 Å². The molecule has 7 heteroatoms. The first-order chi connectivity index (χ1) is 15.0. The van der Waals surface area contributed by atoms with Crippen molar-refractivity contribution >= 4 is 34.7 Å². The monoisotopic (exact) mass is 437 g/mol. The van der Waals surface area contributed by atoms with Crippen LogP contribution < -0.4 is 4.90 Å². The third-order valence-electron chi connectivity index (χ3n) is 7.10. The second-order valence-electron chi connectivity index (χ2n) is 8.73. The van der Waals surface area contributed by atoms with Gasteiger partial charge in [0, 0.05) is 30.8 Å². The van der Waals surface area contributed by atoms with Crippen molar-refractivity contribution in [2.75, 3.05) is 18.0 Å². The summed E-state index contributed by atoms with van der Waals surface area (Å²) in [6, 6.07) is 9.55. The Balaban J connectivity index is 1.38. The molecule has 0 bridgehead atoms. The highest BCUT2D eigenvalue weighted by atomic mass is 32.1. The van der Waals surface area contributed by atoms with Crippen LogP contribution in [0, 0.1) is 0 Å². The van der Waals surface area contributed by atoms with Gasteiger partial charge in [0.25, 0.3) is 5.91 Å². The molecule has 1 saturated heterocycles. The van der Waals surface area contributed by atoms with E-state index >= 15 is 0 Å². The zero-order valence-corrected chi connectivity index (χ0v) is 18.8. The Morgan fingerprint density at radius 1 is 1.19 bits per heavy atom. The van der Waals surface area contributed by atoms with Crippen molar-refractivity contribution in [2.45, 2.75) is 57.7 Å². The molecule has 0 saturated carbocycles. The van der Waals surface area contributed by atoms with Gasteiger partial charge >= 0.3 is 0 Å². The number of amides is 3. The number of anilines is 1. The Morgan fingerprint density at radius 3 is 2.81 bits per heavy atom. The summed E-state index contributed by atoms with van der Waals surface area (Å²) in [5.41, 5.74) is 1.78. The van der Waals surface area contributed by atoms with E-state index in [1.807, 2.05) is 30.0 Å². The fraction of sp³-hybridized carbons (Fsp3) is 0.458. The first-order valence-electron chi connectivity index (χ1n) is 11.1. The van der Waals surface area contributed by atoms with E-state index in [2.05, 4.69) is 18.4 Å². The van der Waals surface area contributed by atoms with E-state index in [9.17, 15) is 14.4 Å². The number of rotatable bonds is 4. The van der Waals surface area contributed by atoms with E-state index in [0.717, 1.165) is 19.4 Å². The van der Waals surface area contributed by atoms with Crippen molar-refractivity contribution < 1.29 is 14.4 Å². The number of benzene rings is 1. The zero-order valence-electron chi connectivity index (χ0n) is 18.0. The molecule has 3 aliphatic rings. The second-order valence-corrected chi connectivity index (χ2v) is 9.73. The summed E-state index contributed by atoms with van der Waals surface area (Å²) in [6.07, 6.45) is 3.03. The van der Waals surface area contributed by atoms with Crippen LogP contribution in [0.4, 0.5) is 5.69 Å². The number of carbonyl (C=O) groups is 3. The smallest absolute Gasteiger partial charge is 0.257 e. The largest absolute Gasteiger partial charge is 0.335 e. The third-order valence-corrected chi connectivity index (χ3v) is 8.09. The summed E-state index contributed by atoms with van der Waals surface area (Å²) >= 11 is 1.77. The maximum atomic E-state index is 13.4. The van der Waals surface area contributed by atoms with Crippen LogP contribution in [0.1, 0.15) is 66.4 Å². The fourth-order valence-corrected chi connectivity index (χ4v) is 6.46. The molecule has 1 aromatic carbocycles. The van der Waals surface area contributed by atoms with Gasteiger partial charge in [-0.1, -0.05) is 19.1 Å². The Kier molecular flexibility index (Phi) is 4.88. The average Bonchev–Trinajstić information content (AvgIpc) is 3.37. The van der Waals surface area contributed by atoms with Gasteiger partial charge in [0.1, 0.15) is 5.66 Å². The summed E-state index contributed by atoms with van der Waals surface area (Å²) in [7, 11) is 0. The molecule has 2 atom stereocenters. The number of hydrogen-bond donors (Lipinski definition) is 0. The van der Waals surface area contributed by atoms with Crippen LogP contribution >= 0.6 is 11.3 Å². The highest BCUT2D eigenvalue weighted by molar-refractivity contribution is 7.10. The van der Waals surface area contributed by atoms with Crippen LogP contribution in [0.2, 0.25) is 0 Å². The topological polar surface area (TPSA) is 60.9 Å². The summed E-state index contributed by atoms with van der Waals surface area (Å²) in [4.78, 5) is 46.2. The first-order valence-corrected chi connectivity index (χ1v) is 11.9. The summed E-state index contributed by atoms with van der Waals surface area (Å²) < 4.78 is 0. The Hall–Kier alpha value is -2.67. The van der Waals surface area contributed by atoms with Crippen LogP contribution in [0.5, 0.6) is 0 Å². The van der Waals surface area contributed by atoms with Crippen LogP contribution in [-0.4, -0.2) is 46.3 Å². The molecular formula is C24H27N3O3S. The van der Waals surface area contributed by atoms with Crippen molar-refractivity contribution in [2.24, 2.45) is 0 Å². The molecule has 0 radical (unpaired) electrons. The Bertz CT molecular complexity index is 1060.